The molecule has 2 N–H and O–H groups in total. The molecule has 0 radical (unpaired) electrons. The second kappa shape index (κ2) is 15.8. The third-order valence-corrected chi connectivity index (χ3v) is 11.4. The first-order chi connectivity index (χ1) is 25.4. The zero-order valence-electron chi connectivity index (χ0n) is 29.3. The summed E-state index contributed by atoms with van der Waals surface area (Å²) in [6, 6.07) is 20.5. The topological polar surface area (TPSA) is 126 Å². The highest BCUT2D eigenvalue weighted by Crippen LogP contribution is 2.37. The number of nitrogens with zero attached hydrogens (tertiary/aromatic N) is 5. The van der Waals surface area contributed by atoms with Crippen molar-refractivity contribution < 1.29 is 23.5 Å². The van der Waals surface area contributed by atoms with E-state index in [0.717, 1.165) is 29.3 Å². The van der Waals surface area contributed by atoms with Gasteiger partial charge in [0.15, 0.2) is 17.4 Å². The fraction of sp³-hybridized carbons (Fsp3) is 0.359. The number of methoxy groups -OCH3 is 1. The number of amides is 2. The van der Waals surface area contributed by atoms with E-state index >= 15 is 0 Å². The maximum Gasteiger partial charge on any atom is 0.241 e. The second-order valence-corrected chi connectivity index (χ2v) is 14.5. The number of aromatic nitrogens is 4. The lowest BCUT2D eigenvalue weighted by Gasteiger charge is -2.33. The number of hydrogen-bond donors (Lipinski definition) is 2. The number of H-pyrrole nitrogens is 1. The van der Waals surface area contributed by atoms with Gasteiger partial charge in [-0.2, -0.15) is 5.10 Å². The lowest BCUT2D eigenvalue weighted by atomic mass is 9.89. The quantitative estimate of drug-likeness (QED) is 0.149. The molecule has 2 amide bonds. The summed E-state index contributed by atoms with van der Waals surface area (Å²) in [7, 11) is 1.56. The minimum atomic E-state index is -0.694. The van der Waals surface area contributed by atoms with Crippen molar-refractivity contribution in [2.75, 3.05) is 64.6 Å². The normalized spacial score (nSPS) is 18.2. The molecule has 11 nitrogen and oxygen atoms in total. The van der Waals surface area contributed by atoms with E-state index < -0.39 is 10.6 Å². The van der Waals surface area contributed by atoms with Crippen molar-refractivity contribution in [2.24, 2.45) is 0 Å². The molecule has 0 bridgehead atoms. The number of nitrogens with one attached hydrogen (secondary N) is 2. The highest BCUT2D eigenvalue weighted by atomic mass is 32.2. The Kier molecular flexibility index (Phi) is 10.8. The second-order valence-electron chi connectivity index (χ2n) is 13.3. The number of rotatable bonds is 12. The number of benzene rings is 3. The van der Waals surface area contributed by atoms with E-state index in [9.17, 15) is 14.0 Å². The van der Waals surface area contributed by atoms with Crippen molar-refractivity contribution in [3.8, 4) is 28.4 Å². The average Bonchev–Trinajstić information content (AvgIpc) is 3.81. The van der Waals surface area contributed by atoms with Gasteiger partial charge in [0.2, 0.25) is 11.8 Å². The molecular formula is C39H42FN7O4S. The van der Waals surface area contributed by atoms with Gasteiger partial charge in [-0.15, -0.1) is 11.8 Å². The standard InChI is InChI=1S/C39H42FN7O4S/c1-50-20-21-51-34-11-8-29(22-32(34)40)36-31-23-30(9-10-33(31)44-45-36)43-38(49)39(52-2)14-19-46(25-39)24-35(48)47-17-12-27(13-18-47)26-4-6-28(7-5-26)37-41-15-3-16-42-37/h3-11,15-16,22-23,27H,12-14,17-21,24-25H2,1-2H3,(H,43,49)(H,44,45)/t39-/m0/s1. The Morgan fingerprint density at radius 1 is 1.00 bits per heavy atom. The van der Waals surface area contributed by atoms with Gasteiger partial charge >= 0.3 is 0 Å². The number of thioether (sulfide) groups is 1. The Hall–Kier alpha value is -4.85. The van der Waals surface area contributed by atoms with E-state index in [1.54, 1.807) is 31.6 Å². The summed E-state index contributed by atoms with van der Waals surface area (Å²) >= 11 is 1.52. The summed E-state index contributed by atoms with van der Waals surface area (Å²) in [5, 5.41) is 11.3. The molecule has 13 heteroatoms. The zero-order chi connectivity index (χ0) is 36.1. The summed E-state index contributed by atoms with van der Waals surface area (Å²) in [5.74, 6) is 0.770. The Bertz CT molecular complexity index is 2020. The molecule has 2 aliphatic heterocycles. The van der Waals surface area contributed by atoms with Gasteiger partial charge in [0.05, 0.1) is 18.7 Å². The van der Waals surface area contributed by atoms with Crippen LogP contribution in [0.5, 0.6) is 5.75 Å². The van der Waals surface area contributed by atoms with Gasteiger partial charge < -0.3 is 19.7 Å². The van der Waals surface area contributed by atoms with Crippen molar-refractivity contribution in [1.29, 1.82) is 0 Å². The maximum absolute atomic E-state index is 14.8. The summed E-state index contributed by atoms with van der Waals surface area (Å²) in [6.45, 7) is 3.47. The molecule has 2 fully saturated rings. The minimum absolute atomic E-state index is 0.103. The molecular weight excluding hydrogens is 682 g/mol. The highest BCUT2D eigenvalue weighted by molar-refractivity contribution is 8.00. The maximum atomic E-state index is 14.8. The zero-order valence-corrected chi connectivity index (χ0v) is 30.1. The number of piperidine rings is 1. The largest absolute Gasteiger partial charge is 0.488 e. The molecule has 0 unspecified atom stereocenters. The number of anilines is 1. The van der Waals surface area contributed by atoms with Gasteiger partial charge in [0, 0.05) is 67.9 Å². The summed E-state index contributed by atoms with van der Waals surface area (Å²) in [5.41, 5.74) is 4.80. The van der Waals surface area contributed by atoms with Crippen LogP contribution in [0, 0.1) is 5.82 Å². The van der Waals surface area contributed by atoms with Crippen LogP contribution in [0.4, 0.5) is 10.1 Å². The molecule has 270 valence electrons. The number of carbonyl (C=O) groups is 2. The summed E-state index contributed by atoms with van der Waals surface area (Å²) in [4.78, 5) is 40.0. The van der Waals surface area contributed by atoms with Crippen LogP contribution in [0.1, 0.15) is 30.7 Å². The molecule has 4 heterocycles. The van der Waals surface area contributed by atoms with Crippen LogP contribution >= 0.6 is 11.8 Å². The van der Waals surface area contributed by atoms with E-state index in [1.165, 1.54) is 23.4 Å². The van der Waals surface area contributed by atoms with E-state index in [4.69, 9.17) is 9.47 Å². The van der Waals surface area contributed by atoms with Crippen LogP contribution in [0.25, 0.3) is 33.5 Å². The molecule has 5 aromatic rings. The summed E-state index contributed by atoms with van der Waals surface area (Å²) in [6.07, 6.45) is 7.90. The fourth-order valence-corrected chi connectivity index (χ4v) is 7.94. The monoisotopic (exact) mass is 723 g/mol. The van der Waals surface area contributed by atoms with E-state index in [1.807, 2.05) is 35.4 Å². The van der Waals surface area contributed by atoms with Crippen LogP contribution in [0.2, 0.25) is 0 Å². The number of fused-ring (bicyclic) bond motifs is 1. The first kappa shape index (κ1) is 35.5. The molecule has 3 aromatic carbocycles. The number of ether oxygens (including phenoxy) is 2. The van der Waals surface area contributed by atoms with E-state index in [-0.39, 0.29) is 24.2 Å². The molecule has 2 aromatic heterocycles. The average molecular weight is 724 g/mol. The van der Waals surface area contributed by atoms with Crippen molar-refractivity contribution in [2.45, 2.75) is 29.9 Å². The fourth-order valence-electron chi connectivity index (χ4n) is 7.10. The first-order valence-corrected chi connectivity index (χ1v) is 18.7. The number of likely N-dealkylation sites (tertiary alicyclic amines) is 2. The predicted octanol–water partition coefficient (Wildman–Crippen LogP) is 6.00. The Morgan fingerprint density at radius 3 is 2.50 bits per heavy atom. The third kappa shape index (κ3) is 7.67. The van der Waals surface area contributed by atoms with Crippen LogP contribution in [-0.4, -0.2) is 106 Å². The molecule has 2 saturated heterocycles. The molecule has 7 rings (SSSR count). The highest BCUT2D eigenvalue weighted by Gasteiger charge is 2.45. The molecule has 52 heavy (non-hydrogen) atoms. The van der Waals surface area contributed by atoms with Gasteiger partial charge in [-0.1, -0.05) is 24.3 Å². The van der Waals surface area contributed by atoms with Crippen LogP contribution in [0.15, 0.2) is 79.1 Å². The lowest BCUT2D eigenvalue weighted by molar-refractivity contribution is -0.133. The van der Waals surface area contributed by atoms with Crippen LogP contribution in [-0.2, 0) is 14.3 Å². The Morgan fingerprint density at radius 2 is 1.77 bits per heavy atom. The number of halogens is 1. The molecule has 0 aliphatic carbocycles. The van der Waals surface area contributed by atoms with Gasteiger partial charge in [-0.3, -0.25) is 19.6 Å². The Balaban J connectivity index is 0.938. The third-order valence-electron chi connectivity index (χ3n) is 10.1. The van der Waals surface area contributed by atoms with Gasteiger partial charge in [0.1, 0.15) is 17.0 Å². The van der Waals surface area contributed by atoms with Crippen molar-refractivity contribution in [3.05, 3.63) is 90.5 Å². The Labute approximate surface area is 306 Å². The molecule has 0 spiro atoms. The minimum Gasteiger partial charge on any atom is -0.488 e. The van der Waals surface area contributed by atoms with E-state index in [0.29, 0.717) is 74.4 Å². The molecule has 0 saturated carbocycles. The number of carbonyl (C=O) groups excluding carboxylic acids is 2. The van der Waals surface area contributed by atoms with Gasteiger partial charge in [-0.25, -0.2) is 14.4 Å². The molecule has 1 atom stereocenters. The number of hydrogen-bond acceptors (Lipinski definition) is 9. The first-order valence-electron chi connectivity index (χ1n) is 17.5. The smallest absolute Gasteiger partial charge is 0.241 e. The number of aromatic amines is 1. The van der Waals surface area contributed by atoms with Crippen molar-refractivity contribution in [1.82, 2.24) is 30.0 Å². The summed E-state index contributed by atoms with van der Waals surface area (Å²) < 4.78 is 24.6. The van der Waals surface area contributed by atoms with Crippen LogP contribution in [0.3, 0.4) is 0 Å². The predicted molar refractivity (Wildman–Crippen MR) is 201 cm³/mol. The molecule has 2 aliphatic rings. The van der Waals surface area contributed by atoms with Gasteiger partial charge in [0.25, 0.3) is 0 Å². The van der Waals surface area contributed by atoms with Gasteiger partial charge in [-0.05, 0) is 79.5 Å². The lowest BCUT2D eigenvalue weighted by Crippen LogP contribution is -2.46. The SMILES string of the molecule is COCCOc1ccc(-c2n[nH]c3ccc(NC(=O)[C@]4(SC)CCN(CC(=O)N5CCC(c6ccc(-c7ncccn7)cc6)CC5)C4)cc23)cc1F. The van der Waals surface area contributed by atoms with Crippen LogP contribution < -0.4 is 10.1 Å². The van der Waals surface area contributed by atoms with E-state index in [2.05, 4.69) is 54.6 Å². The van der Waals surface area contributed by atoms with Crippen molar-refractivity contribution >= 4 is 40.2 Å². The van der Waals surface area contributed by atoms with Crippen molar-refractivity contribution in [3.63, 3.8) is 0 Å².